The van der Waals surface area contributed by atoms with Crippen LogP contribution in [0, 0.1) is 6.92 Å². The van der Waals surface area contributed by atoms with Gasteiger partial charge in [-0.3, -0.25) is 0 Å². The van der Waals surface area contributed by atoms with Crippen molar-refractivity contribution in [1.82, 2.24) is 14.5 Å². The Morgan fingerprint density at radius 2 is 1.81 bits per heavy atom. The predicted molar refractivity (Wildman–Crippen MR) is 119 cm³/mol. The van der Waals surface area contributed by atoms with E-state index in [0.29, 0.717) is 11.5 Å². The first-order valence-corrected chi connectivity index (χ1v) is 10.3. The molecule has 0 amide bonds. The third-order valence-corrected chi connectivity index (χ3v) is 5.73. The minimum absolute atomic E-state index is 0.482. The van der Waals surface area contributed by atoms with Crippen molar-refractivity contribution >= 4 is 22.5 Å². The fourth-order valence-electron chi connectivity index (χ4n) is 4.13. The number of ether oxygens (including phenoxy) is 1. The van der Waals surface area contributed by atoms with E-state index >= 15 is 0 Å². The molecule has 7 heteroatoms. The quantitative estimate of drug-likeness (QED) is 0.469. The highest BCUT2D eigenvalue weighted by Gasteiger charge is 2.42. The van der Waals surface area contributed by atoms with Gasteiger partial charge in [0, 0.05) is 17.4 Å². The summed E-state index contributed by atoms with van der Waals surface area (Å²) in [7, 11) is 0. The predicted octanol–water partition coefficient (Wildman–Crippen LogP) is 3.79. The van der Waals surface area contributed by atoms with Gasteiger partial charge in [-0.2, -0.15) is 0 Å². The zero-order valence-electron chi connectivity index (χ0n) is 17.3. The number of anilines is 2. The Hall–Kier alpha value is -3.26. The van der Waals surface area contributed by atoms with E-state index in [2.05, 4.69) is 21.4 Å². The minimum Gasteiger partial charge on any atom is -0.388 e. The molecule has 158 valence electrons. The Balaban J connectivity index is 1.70. The fraction of sp³-hybridized carbons (Fsp3) is 0.250. The van der Waals surface area contributed by atoms with Gasteiger partial charge in [-0.15, -0.1) is 0 Å². The summed E-state index contributed by atoms with van der Waals surface area (Å²) in [5.41, 5.74) is 4.59. The maximum atomic E-state index is 10.6. The molecule has 4 atom stereocenters. The van der Waals surface area contributed by atoms with Crippen LogP contribution in [0.3, 0.4) is 0 Å². The normalized spacial score (nSPS) is 23.4. The lowest BCUT2D eigenvalue weighted by Crippen LogP contribution is -2.30. The lowest BCUT2D eigenvalue weighted by molar-refractivity contribution is -0.0295. The van der Waals surface area contributed by atoms with Crippen molar-refractivity contribution < 1.29 is 14.9 Å². The van der Waals surface area contributed by atoms with Crippen molar-refractivity contribution in [2.75, 3.05) is 5.32 Å². The van der Waals surface area contributed by atoms with Crippen molar-refractivity contribution in [1.29, 1.82) is 0 Å². The molecule has 3 heterocycles. The van der Waals surface area contributed by atoms with E-state index < -0.39 is 24.5 Å². The molecule has 0 spiro atoms. The molecule has 0 aliphatic carbocycles. The molecule has 1 fully saturated rings. The number of nitrogens with zero attached hydrogens (tertiary/aromatic N) is 3. The summed E-state index contributed by atoms with van der Waals surface area (Å²) in [6, 6.07) is 18.0. The molecule has 0 unspecified atom stereocenters. The zero-order valence-corrected chi connectivity index (χ0v) is 17.3. The van der Waals surface area contributed by atoms with Crippen molar-refractivity contribution in [2.24, 2.45) is 0 Å². The number of aliphatic hydroxyl groups is 2. The summed E-state index contributed by atoms with van der Waals surface area (Å²) in [4.78, 5) is 9.03. The number of fused-ring (bicyclic) bond motifs is 1. The van der Waals surface area contributed by atoms with E-state index in [9.17, 15) is 10.2 Å². The standard InChI is InChI=1S/C24H24N4O3/c1-14-7-6-10-17(11-14)27-22-19-18(16-8-4-3-5-9-16)12-28(23(19)26-13-25-22)24-21(30)20(29)15(2)31-24/h3-13,15,20-21,24,29-30H,1-2H3,(H,25,26,27)/t15-,20-,21-,24-/m1/s1. The number of benzene rings is 2. The summed E-state index contributed by atoms with van der Waals surface area (Å²) in [6.45, 7) is 3.79. The van der Waals surface area contributed by atoms with Gasteiger partial charge in [-0.05, 0) is 37.1 Å². The lowest BCUT2D eigenvalue weighted by atomic mass is 10.1. The maximum Gasteiger partial charge on any atom is 0.164 e. The Morgan fingerprint density at radius 1 is 1.00 bits per heavy atom. The van der Waals surface area contributed by atoms with Gasteiger partial charge in [0.05, 0.1) is 11.5 Å². The molecule has 0 bridgehead atoms. The first kappa shape index (κ1) is 19.7. The number of hydrogen-bond acceptors (Lipinski definition) is 6. The molecule has 2 aromatic carbocycles. The SMILES string of the molecule is Cc1cccc(Nc2ncnc3c2c(-c2ccccc2)cn3[C@@H]2O[C@H](C)[C@@H](O)[C@H]2O)c1. The van der Waals surface area contributed by atoms with E-state index in [0.717, 1.165) is 27.8 Å². The van der Waals surface area contributed by atoms with Crippen LogP contribution in [0.25, 0.3) is 22.2 Å². The first-order valence-electron chi connectivity index (χ1n) is 10.3. The summed E-state index contributed by atoms with van der Waals surface area (Å²) < 4.78 is 7.68. The van der Waals surface area contributed by atoms with Crippen LogP contribution in [0.15, 0.2) is 67.1 Å². The van der Waals surface area contributed by atoms with Crippen LogP contribution in [0.4, 0.5) is 11.5 Å². The average molecular weight is 416 g/mol. The fourth-order valence-corrected chi connectivity index (χ4v) is 4.13. The molecule has 2 aromatic heterocycles. The number of hydrogen-bond donors (Lipinski definition) is 3. The highest BCUT2D eigenvalue weighted by Crippen LogP contribution is 2.39. The van der Waals surface area contributed by atoms with E-state index in [1.54, 1.807) is 11.5 Å². The van der Waals surface area contributed by atoms with Gasteiger partial charge in [0.25, 0.3) is 0 Å². The Morgan fingerprint density at radius 3 is 2.52 bits per heavy atom. The van der Waals surface area contributed by atoms with Gasteiger partial charge in [-0.1, -0.05) is 42.5 Å². The average Bonchev–Trinajstić information content (AvgIpc) is 3.28. The van der Waals surface area contributed by atoms with Crippen LogP contribution < -0.4 is 5.32 Å². The van der Waals surface area contributed by atoms with Gasteiger partial charge < -0.3 is 24.8 Å². The highest BCUT2D eigenvalue weighted by molar-refractivity contribution is 6.02. The molecule has 5 rings (SSSR count). The summed E-state index contributed by atoms with van der Waals surface area (Å²) >= 11 is 0. The molecule has 4 aromatic rings. The molecule has 3 N–H and O–H groups in total. The zero-order chi connectivity index (χ0) is 21.5. The van der Waals surface area contributed by atoms with Crippen LogP contribution in [-0.4, -0.2) is 43.1 Å². The van der Waals surface area contributed by atoms with E-state index in [4.69, 9.17) is 4.74 Å². The van der Waals surface area contributed by atoms with Crippen LogP contribution in [0.1, 0.15) is 18.7 Å². The smallest absolute Gasteiger partial charge is 0.164 e. The van der Waals surface area contributed by atoms with Gasteiger partial charge in [-0.25, -0.2) is 9.97 Å². The van der Waals surface area contributed by atoms with E-state index in [-0.39, 0.29) is 0 Å². The van der Waals surface area contributed by atoms with Crippen LogP contribution in [0.2, 0.25) is 0 Å². The Bertz CT molecular complexity index is 1220. The van der Waals surface area contributed by atoms with Crippen LogP contribution in [-0.2, 0) is 4.74 Å². The number of nitrogens with one attached hydrogen (secondary N) is 1. The highest BCUT2D eigenvalue weighted by atomic mass is 16.6. The van der Waals surface area contributed by atoms with Crippen molar-refractivity contribution in [3.05, 3.63) is 72.7 Å². The lowest BCUT2D eigenvalue weighted by Gasteiger charge is -2.17. The Kier molecular flexibility index (Phi) is 4.94. The first-order chi connectivity index (χ1) is 15.0. The number of aryl methyl sites for hydroxylation is 1. The third-order valence-electron chi connectivity index (χ3n) is 5.73. The number of aliphatic hydroxyl groups excluding tert-OH is 2. The van der Waals surface area contributed by atoms with Gasteiger partial charge in [0.15, 0.2) is 6.23 Å². The maximum absolute atomic E-state index is 10.6. The second kappa shape index (κ2) is 7.77. The molecule has 0 saturated carbocycles. The van der Waals surface area contributed by atoms with Crippen LogP contribution >= 0.6 is 0 Å². The molecular formula is C24H24N4O3. The summed E-state index contributed by atoms with van der Waals surface area (Å²) in [5.74, 6) is 0.661. The molecule has 7 nitrogen and oxygen atoms in total. The van der Waals surface area contributed by atoms with Crippen molar-refractivity contribution in [3.63, 3.8) is 0 Å². The topological polar surface area (TPSA) is 92.4 Å². The molecule has 1 aliphatic rings. The number of rotatable bonds is 4. The van der Waals surface area contributed by atoms with Gasteiger partial charge in [0.1, 0.15) is 30.0 Å². The minimum atomic E-state index is -1.06. The largest absolute Gasteiger partial charge is 0.388 e. The molecule has 1 saturated heterocycles. The van der Waals surface area contributed by atoms with Gasteiger partial charge in [0.2, 0.25) is 0 Å². The number of aromatic nitrogens is 3. The summed E-state index contributed by atoms with van der Waals surface area (Å²) in [6.07, 6.45) is 0.157. The third kappa shape index (κ3) is 3.46. The van der Waals surface area contributed by atoms with Crippen molar-refractivity contribution in [2.45, 2.75) is 38.4 Å². The van der Waals surface area contributed by atoms with Gasteiger partial charge >= 0.3 is 0 Å². The Labute approximate surface area is 180 Å². The molecule has 0 radical (unpaired) electrons. The van der Waals surface area contributed by atoms with Crippen molar-refractivity contribution in [3.8, 4) is 11.1 Å². The molecule has 31 heavy (non-hydrogen) atoms. The molecular weight excluding hydrogens is 392 g/mol. The van der Waals surface area contributed by atoms with E-state index in [1.807, 2.05) is 61.7 Å². The second-order valence-electron chi connectivity index (χ2n) is 7.94. The van der Waals surface area contributed by atoms with Crippen LogP contribution in [0.5, 0.6) is 0 Å². The monoisotopic (exact) mass is 416 g/mol. The molecule has 1 aliphatic heterocycles. The second-order valence-corrected chi connectivity index (χ2v) is 7.94. The summed E-state index contributed by atoms with van der Waals surface area (Å²) in [5, 5.41) is 25.1. The van der Waals surface area contributed by atoms with E-state index in [1.165, 1.54) is 6.33 Å².